The van der Waals surface area contributed by atoms with Crippen molar-refractivity contribution < 1.29 is 17.9 Å². The normalized spacial score (nSPS) is 11.3. The summed E-state index contributed by atoms with van der Waals surface area (Å²) in [6, 6.07) is 5.04. The number of nitrogens with two attached hydrogens (primary N) is 1. The Morgan fingerprint density at radius 3 is 2.63 bits per heavy atom. The first kappa shape index (κ1) is 15.5. The lowest BCUT2D eigenvalue weighted by Gasteiger charge is -2.08. The maximum Gasteiger partial charge on any atom is 0.340 e. The van der Waals surface area contributed by atoms with E-state index < -0.39 is 15.8 Å². The van der Waals surface area contributed by atoms with Gasteiger partial charge in [0.05, 0.1) is 17.1 Å². The van der Waals surface area contributed by atoms with E-state index in [0.29, 0.717) is 12.1 Å². The molecule has 0 aliphatic heterocycles. The quantitative estimate of drug-likeness (QED) is 0.633. The molecular weight excluding hydrogens is 266 g/mol. The molecule has 0 aliphatic rings. The Morgan fingerprint density at radius 1 is 1.32 bits per heavy atom. The Morgan fingerprint density at radius 2 is 2.00 bits per heavy atom. The summed E-state index contributed by atoms with van der Waals surface area (Å²) in [5.74, 6) is -0.636. The van der Waals surface area contributed by atoms with Crippen LogP contribution in [0.15, 0.2) is 18.2 Å². The predicted molar refractivity (Wildman–Crippen MR) is 74.8 cm³/mol. The molecule has 0 spiro atoms. The van der Waals surface area contributed by atoms with Gasteiger partial charge in [0, 0.05) is 5.69 Å². The molecular formula is C13H19NO4S. The summed E-state index contributed by atoms with van der Waals surface area (Å²) in [5, 5.41) is 0. The van der Waals surface area contributed by atoms with Gasteiger partial charge in [0.15, 0.2) is 9.84 Å². The summed E-state index contributed by atoms with van der Waals surface area (Å²) in [4.78, 5) is 11.8. The first-order chi connectivity index (χ1) is 8.85. The van der Waals surface area contributed by atoms with Crippen molar-refractivity contribution in [2.24, 2.45) is 0 Å². The highest BCUT2D eigenvalue weighted by Crippen LogP contribution is 2.14. The van der Waals surface area contributed by atoms with Crippen molar-refractivity contribution in [1.29, 1.82) is 0 Å². The zero-order chi connectivity index (χ0) is 14.5. The van der Waals surface area contributed by atoms with Crippen LogP contribution in [0.1, 0.15) is 29.3 Å². The van der Waals surface area contributed by atoms with Crippen LogP contribution in [0.4, 0.5) is 5.69 Å². The van der Waals surface area contributed by atoms with Crippen molar-refractivity contribution in [2.45, 2.75) is 20.3 Å². The maximum absolute atomic E-state index is 11.8. The van der Waals surface area contributed by atoms with Gasteiger partial charge in [-0.3, -0.25) is 0 Å². The minimum atomic E-state index is -3.14. The van der Waals surface area contributed by atoms with Crippen molar-refractivity contribution >= 4 is 21.5 Å². The summed E-state index contributed by atoms with van der Waals surface area (Å²) in [6.45, 7) is 3.48. The number of benzene rings is 1. The van der Waals surface area contributed by atoms with Gasteiger partial charge in [0.2, 0.25) is 0 Å². The lowest BCUT2D eigenvalue weighted by molar-refractivity contribution is 0.0530. The van der Waals surface area contributed by atoms with Crippen LogP contribution in [0, 0.1) is 6.92 Å². The van der Waals surface area contributed by atoms with E-state index in [2.05, 4.69) is 0 Å². The van der Waals surface area contributed by atoms with Gasteiger partial charge in [-0.25, -0.2) is 13.2 Å². The van der Waals surface area contributed by atoms with Crippen molar-refractivity contribution in [1.82, 2.24) is 0 Å². The lowest BCUT2D eigenvalue weighted by Crippen LogP contribution is -2.18. The molecule has 0 aromatic heterocycles. The molecule has 19 heavy (non-hydrogen) atoms. The summed E-state index contributed by atoms with van der Waals surface area (Å²) in [6.07, 6.45) is 0.557. The highest BCUT2D eigenvalue weighted by Gasteiger charge is 2.14. The zero-order valence-corrected chi connectivity index (χ0v) is 12.0. The molecule has 0 fully saturated rings. The Hall–Kier alpha value is -1.56. The first-order valence-electron chi connectivity index (χ1n) is 6.09. The van der Waals surface area contributed by atoms with E-state index in [1.807, 2.05) is 6.92 Å². The Balaban J connectivity index is 2.59. The van der Waals surface area contributed by atoms with Gasteiger partial charge in [-0.2, -0.15) is 0 Å². The van der Waals surface area contributed by atoms with Gasteiger partial charge < -0.3 is 10.5 Å². The SMILES string of the molecule is CCCS(=O)(=O)CCOC(=O)c1cc(C)ccc1N. The van der Waals surface area contributed by atoms with Crippen molar-refractivity contribution in [2.75, 3.05) is 23.8 Å². The van der Waals surface area contributed by atoms with E-state index >= 15 is 0 Å². The monoisotopic (exact) mass is 285 g/mol. The second kappa shape index (κ2) is 6.56. The number of hydrogen-bond acceptors (Lipinski definition) is 5. The molecule has 0 aliphatic carbocycles. The molecule has 2 N–H and O–H groups in total. The number of aryl methyl sites for hydroxylation is 1. The predicted octanol–water partition coefficient (Wildman–Crippen LogP) is 1.56. The Bertz CT molecular complexity index is 552. The molecule has 0 unspecified atom stereocenters. The number of rotatable bonds is 6. The molecule has 0 atom stereocenters. The topological polar surface area (TPSA) is 86.5 Å². The standard InChI is InChI=1S/C13H19NO4S/c1-3-7-19(16,17)8-6-18-13(15)11-9-10(2)4-5-12(11)14/h4-5,9H,3,6-8,14H2,1-2H3. The molecule has 0 radical (unpaired) electrons. The number of esters is 1. The van der Waals surface area contributed by atoms with Gasteiger partial charge in [0.1, 0.15) is 6.61 Å². The van der Waals surface area contributed by atoms with Crippen LogP contribution in [0.3, 0.4) is 0 Å². The molecule has 6 heteroatoms. The molecule has 0 amide bonds. The molecule has 0 heterocycles. The smallest absolute Gasteiger partial charge is 0.340 e. The number of hydrogen-bond donors (Lipinski definition) is 1. The number of carbonyl (C=O) groups excluding carboxylic acids is 1. The first-order valence-corrected chi connectivity index (χ1v) is 7.91. The molecule has 106 valence electrons. The molecule has 0 bridgehead atoms. The number of ether oxygens (including phenoxy) is 1. The fourth-order valence-electron chi connectivity index (χ4n) is 1.60. The molecule has 1 aromatic rings. The number of carbonyl (C=O) groups is 1. The van der Waals surface area contributed by atoms with E-state index in [9.17, 15) is 13.2 Å². The highest BCUT2D eigenvalue weighted by molar-refractivity contribution is 7.91. The van der Waals surface area contributed by atoms with Gasteiger partial charge in [-0.15, -0.1) is 0 Å². The average Bonchev–Trinajstić information content (AvgIpc) is 2.31. The third kappa shape index (κ3) is 4.90. The Labute approximate surface area is 113 Å². The summed E-state index contributed by atoms with van der Waals surface area (Å²) < 4.78 is 27.9. The molecule has 0 saturated carbocycles. The van der Waals surface area contributed by atoms with E-state index in [1.165, 1.54) is 0 Å². The lowest BCUT2D eigenvalue weighted by atomic mass is 10.1. The zero-order valence-electron chi connectivity index (χ0n) is 11.2. The largest absolute Gasteiger partial charge is 0.461 e. The van der Waals surface area contributed by atoms with Gasteiger partial charge in [-0.1, -0.05) is 18.6 Å². The van der Waals surface area contributed by atoms with Crippen LogP contribution >= 0.6 is 0 Å². The fourth-order valence-corrected chi connectivity index (χ4v) is 2.76. The number of anilines is 1. The van der Waals surface area contributed by atoms with Gasteiger partial charge >= 0.3 is 5.97 Å². The third-order valence-electron chi connectivity index (χ3n) is 2.57. The van der Waals surface area contributed by atoms with Crippen molar-refractivity contribution in [3.8, 4) is 0 Å². The molecule has 1 aromatic carbocycles. The van der Waals surface area contributed by atoms with E-state index in [-0.39, 0.29) is 23.7 Å². The van der Waals surface area contributed by atoms with Crippen molar-refractivity contribution in [3.05, 3.63) is 29.3 Å². The average molecular weight is 285 g/mol. The van der Waals surface area contributed by atoms with Gasteiger partial charge in [0.25, 0.3) is 0 Å². The maximum atomic E-state index is 11.8. The number of sulfone groups is 1. The number of nitrogen functional groups attached to an aromatic ring is 1. The van der Waals surface area contributed by atoms with E-state index in [1.54, 1.807) is 25.1 Å². The second-order valence-electron chi connectivity index (χ2n) is 4.38. The van der Waals surface area contributed by atoms with Crippen LogP contribution in [-0.2, 0) is 14.6 Å². The summed E-state index contributed by atoms with van der Waals surface area (Å²) in [5.41, 5.74) is 7.16. The summed E-state index contributed by atoms with van der Waals surface area (Å²) >= 11 is 0. The summed E-state index contributed by atoms with van der Waals surface area (Å²) in [7, 11) is -3.14. The molecule has 5 nitrogen and oxygen atoms in total. The third-order valence-corrected chi connectivity index (χ3v) is 4.39. The van der Waals surface area contributed by atoms with Crippen LogP contribution in [0.2, 0.25) is 0 Å². The van der Waals surface area contributed by atoms with E-state index in [0.717, 1.165) is 5.56 Å². The van der Waals surface area contributed by atoms with Crippen LogP contribution in [0.5, 0.6) is 0 Å². The highest BCUT2D eigenvalue weighted by atomic mass is 32.2. The van der Waals surface area contributed by atoms with E-state index in [4.69, 9.17) is 10.5 Å². The van der Waals surface area contributed by atoms with Crippen molar-refractivity contribution in [3.63, 3.8) is 0 Å². The minimum absolute atomic E-state index is 0.108. The second-order valence-corrected chi connectivity index (χ2v) is 6.68. The van der Waals surface area contributed by atoms with Crippen LogP contribution < -0.4 is 5.73 Å². The van der Waals surface area contributed by atoms with Crippen LogP contribution in [-0.4, -0.2) is 32.5 Å². The van der Waals surface area contributed by atoms with Gasteiger partial charge in [-0.05, 0) is 25.5 Å². The molecule has 1 rings (SSSR count). The Kier molecular flexibility index (Phi) is 5.35. The minimum Gasteiger partial charge on any atom is -0.461 e. The fraction of sp³-hybridized carbons (Fsp3) is 0.462. The molecule has 0 saturated heterocycles. The van der Waals surface area contributed by atoms with Crippen LogP contribution in [0.25, 0.3) is 0 Å².